The molecule has 0 unspecified atom stereocenters. The van der Waals surface area contributed by atoms with Crippen molar-refractivity contribution >= 4 is 0 Å². The highest BCUT2D eigenvalue weighted by Gasteiger charge is 2.22. The average Bonchev–Trinajstić information content (AvgIpc) is 2.83. The molecule has 2 aromatic heterocycles. The summed E-state index contributed by atoms with van der Waals surface area (Å²) in [6.07, 6.45) is 5.28. The Hall–Kier alpha value is -1.44. The molecule has 1 N–H and O–H groups in total. The standard InChI is InChI=1S/C16H24N2/c1-15(2,3)14-9-8-13(17-14)12-16(4,5)18-10-6-7-11-18/h6-11,17H,12H2,1-5H3. The molecule has 98 valence electrons. The van der Waals surface area contributed by atoms with Crippen molar-refractivity contribution in [3.8, 4) is 0 Å². The first kappa shape index (κ1) is 13.0. The van der Waals surface area contributed by atoms with Gasteiger partial charge in [0.25, 0.3) is 0 Å². The molecule has 18 heavy (non-hydrogen) atoms. The molecule has 0 amide bonds. The van der Waals surface area contributed by atoms with Gasteiger partial charge in [-0.25, -0.2) is 0 Å². The summed E-state index contributed by atoms with van der Waals surface area (Å²) in [6, 6.07) is 8.58. The van der Waals surface area contributed by atoms with Crippen LogP contribution in [0.3, 0.4) is 0 Å². The van der Waals surface area contributed by atoms with E-state index in [1.807, 2.05) is 0 Å². The number of hydrogen-bond donors (Lipinski definition) is 1. The maximum absolute atomic E-state index is 3.56. The Balaban J connectivity index is 2.17. The number of H-pyrrole nitrogens is 1. The van der Waals surface area contributed by atoms with Crippen LogP contribution in [0.1, 0.15) is 46.0 Å². The Morgan fingerprint density at radius 1 is 1.00 bits per heavy atom. The van der Waals surface area contributed by atoms with Crippen LogP contribution in [-0.4, -0.2) is 9.55 Å². The van der Waals surface area contributed by atoms with E-state index < -0.39 is 0 Å². The van der Waals surface area contributed by atoms with Crippen molar-refractivity contribution in [1.82, 2.24) is 9.55 Å². The lowest BCUT2D eigenvalue weighted by Crippen LogP contribution is -2.27. The molecule has 0 spiro atoms. The van der Waals surface area contributed by atoms with Gasteiger partial charge in [-0.2, -0.15) is 0 Å². The molecule has 2 heteroatoms. The van der Waals surface area contributed by atoms with E-state index in [2.05, 4.69) is 80.8 Å². The topological polar surface area (TPSA) is 20.7 Å². The average molecular weight is 244 g/mol. The van der Waals surface area contributed by atoms with Gasteiger partial charge in [0.1, 0.15) is 0 Å². The number of nitrogens with zero attached hydrogens (tertiary/aromatic N) is 1. The lowest BCUT2D eigenvalue weighted by Gasteiger charge is -2.27. The Kier molecular flexibility index (Phi) is 3.14. The monoisotopic (exact) mass is 244 g/mol. The first-order valence-electron chi connectivity index (χ1n) is 6.61. The zero-order valence-corrected chi connectivity index (χ0v) is 12.1. The van der Waals surface area contributed by atoms with Crippen LogP contribution in [0, 0.1) is 0 Å². The molecule has 0 aliphatic heterocycles. The molecule has 0 fully saturated rings. The fraction of sp³-hybridized carbons (Fsp3) is 0.500. The predicted octanol–water partition coefficient (Wildman–Crippen LogP) is 4.09. The van der Waals surface area contributed by atoms with E-state index in [0.29, 0.717) is 0 Å². The summed E-state index contributed by atoms with van der Waals surface area (Å²) in [4.78, 5) is 3.56. The summed E-state index contributed by atoms with van der Waals surface area (Å²) in [5.74, 6) is 0. The van der Waals surface area contributed by atoms with Crippen molar-refractivity contribution in [1.29, 1.82) is 0 Å². The van der Waals surface area contributed by atoms with E-state index in [4.69, 9.17) is 0 Å². The fourth-order valence-corrected chi connectivity index (χ4v) is 2.28. The number of aromatic amines is 1. The van der Waals surface area contributed by atoms with Crippen LogP contribution < -0.4 is 0 Å². The predicted molar refractivity (Wildman–Crippen MR) is 77.0 cm³/mol. The summed E-state index contributed by atoms with van der Waals surface area (Å²) >= 11 is 0. The van der Waals surface area contributed by atoms with Crippen LogP contribution in [0.4, 0.5) is 0 Å². The minimum absolute atomic E-state index is 0.101. The van der Waals surface area contributed by atoms with Crippen LogP contribution >= 0.6 is 0 Å². The molecule has 2 rings (SSSR count). The molecule has 0 radical (unpaired) electrons. The minimum Gasteiger partial charge on any atom is -0.362 e. The summed E-state index contributed by atoms with van der Waals surface area (Å²) in [6.45, 7) is 11.2. The van der Waals surface area contributed by atoms with Gasteiger partial charge in [0.05, 0.1) is 0 Å². The summed E-state index contributed by atoms with van der Waals surface area (Å²) in [5.41, 5.74) is 2.90. The van der Waals surface area contributed by atoms with Crippen molar-refractivity contribution in [2.24, 2.45) is 0 Å². The van der Waals surface area contributed by atoms with Gasteiger partial charge in [-0.1, -0.05) is 20.8 Å². The lowest BCUT2D eigenvalue weighted by molar-refractivity contribution is 0.350. The molecule has 0 saturated heterocycles. The van der Waals surface area contributed by atoms with Crippen LogP contribution in [-0.2, 0) is 17.4 Å². The second-order valence-electron chi connectivity index (χ2n) is 6.73. The Morgan fingerprint density at radius 2 is 1.61 bits per heavy atom. The Morgan fingerprint density at radius 3 is 2.11 bits per heavy atom. The Bertz CT molecular complexity index is 495. The van der Waals surface area contributed by atoms with Crippen molar-refractivity contribution in [2.75, 3.05) is 0 Å². The first-order valence-corrected chi connectivity index (χ1v) is 6.61. The highest BCUT2D eigenvalue weighted by Crippen LogP contribution is 2.25. The van der Waals surface area contributed by atoms with Gasteiger partial charge in [-0.15, -0.1) is 0 Å². The van der Waals surface area contributed by atoms with Crippen molar-refractivity contribution in [3.63, 3.8) is 0 Å². The molecule has 2 nitrogen and oxygen atoms in total. The zero-order valence-electron chi connectivity index (χ0n) is 12.1. The lowest BCUT2D eigenvalue weighted by atomic mass is 9.93. The molecule has 0 aromatic carbocycles. The number of nitrogens with one attached hydrogen (secondary N) is 1. The Labute approximate surface area is 110 Å². The molecule has 2 aromatic rings. The van der Waals surface area contributed by atoms with E-state index in [1.165, 1.54) is 11.4 Å². The maximum atomic E-state index is 3.56. The van der Waals surface area contributed by atoms with Gasteiger partial charge in [0.2, 0.25) is 0 Å². The van der Waals surface area contributed by atoms with Crippen LogP contribution in [0.5, 0.6) is 0 Å². The van der Waals surface area contributed by atoms with Crippen molar-refractivity contribution < 1.29 is 0 Å². The fourth-order valence-electron chi connectivity index (χ4n) is 2.28. The third-order valence-corrected chi connectivity index (χ3v) is 3.48. The molecular weight excluding hydrogens is 220 g/mol. The SMILES string of the molecule is CC(C)(C)c1ccc(CC(C)(C)n2cccc2)[nH]1. The van der Waals surface area contributed by atoms with Gasteiger partial charge in [-0.3, -0.25) is 0 Å². The van der Waals surface area contributed by atoms with E-state index in [0.717, 1.165) is 6.42 Å². The first-order chi connectivity index (χ1) is 8.29. The van der Waals surface area contributed by atoms with Gasteiger partial charge in [0, 0.05) is 41.2 Å². The van der Waals surface area contributed by atoms with E-state index in [1.54, 1.807) is 0 Å². The third kappa shape index (κ3) is 2.69. The smallest absolute Gasteiger partial charge is 0.0438 e. The van der Waals surface area contributed by atoms with E-state index >= 15 is 0 Å². The normalized spacial score (nSPS) is 12.9. The quantitative estimate of drug-likeness (QED) is 0.839. The number of rotatable bonds is 3. The molecule has 0 aliphatic carbocycles. The molecule has 2 heterocycles. The minimum atomic E-state index is 0.101. The highest BCUT2D eigenvalue weighted by molar-refractivity contribution is 5.20. The third-order valence-electron chi connectivity index (χ3n) is 3.48. The molecule has 0 aliphatic rings. The van der Waals surface area contributed by atoms with Gasteiger partial charge < -0.3 is 9.55 Å². The molecule has 0 atom stereocenters. The summed E-state index contributed by atoms with van der Waals surface area (Å²) in [7, 11) is 0. The van der Waals surface area contributed by atoms with Crippen molar-refractivity contribution in [2.45, 2.75) is 52.0 Å². The molecule has 0 bridgehead atoms. The van der Waals surface area contributed by atoms with Gasteiger partial charge in [-0.05, 0) is 38.1 Å². The van der Waals surface area contributed by atoms with Crippen LogP contribution in [0.15, 0.2) is 36.7 Å². The maximum Gasteiger partial charge on any atom is 0.0438 e. The second-order valence-corrected chi connectivity index (χ2v) is 6.73. The molecule has 0 saturated carbocycles. The number of hydrogen-bond acceptors (Lipinski definition) is 0. The number of aromatic nitrogens is 2. The van der Waals surface area contributed by atoms with E-state index in [9.17, 15) is 0 Å². The van der Waals surface area contributed by atoms with Crippen molar-refractivity contribution in [3.05, 3.63) is 48.0 Å². The molecular formula is C16H24N2. The summed E-state index contributed by atoms with van der Waals surface area (Å²) in [5, 5.41) is 0. The van der Waals surface area contributed by atoms with Crippen LogP contribution in [0.2, 0.25) is 0 Å². The van der Waals surface area contributed by atoms with Gasteiger partial charge in [0.15, 0.2) is 0 Å². The summed E-state index contributed by atoms with van der Waals surface area (Å²) < 4.78 is 2.27. The van der Waals surface area contributed by atoms with Crippen LogP contribution in [0.25, 0.3) is 0 Å². The van der Waals surface area contributed by atoms with E-state index in [-0.39, 0.29) is 11.0 Å². The largest absolute Gasteiger partial charge is 0.362 e. The van der Waals surface area contributed by atoms with Gasteiger partial charge >= 0.3 is 0 Å². The zero-order chi connectivity index (χ0) is 13.4. The second kappa shape index (κ2) is 4.34. The highest BCUT2D eigenvalue weighted by atomic mass is 15.0.